The third-order valence-corrected chi connectivity index (χ3v) is 7.00. The average molecular weight is 466 g/mol. The summed E-state index contributed by atoms with van der Waals surface area (Å²) in [5.41, 5.74) is 4.52. The molecule has 4 rings (SSSR count). The van der Waals surface area contributed by atoms with Crippen molar-refractivity contribution in [3.05, 3.63) is 81.0 Å². The van der Waals surface area contributed by atoms with Gasteiger partial charge in [-0.15, -0.1) is 11.3 Å². The van der Waals surface area contributed by atoms with Gasteiger partial charge in [0, 0.05) is 5.69 Å². The lowest BCUT2D eigenvalue weighted by atomic mass is 10.1. The van der Waals surface area contributed by atoms with E-state index in [4.69, 9.17) is 4.74 Å². The Kier molecular flexibility index (Phi) is 6.62. The van der Waals surface area contributed by atoms with Crippen LogP contribution >= 0.6 is 23.1 Å². The minimum absolute atomic E-state index is 0.107. The first-order valence-electron chi connectivity index (χ1n) is 10.1. The third kappa shape index (κ3) is 4.87. The fourth-order valence-corrected chi connectivity index (χ4v) is 4.85. The van der Waals surface area contributed by atoms with Crippen molar-refractivity contribution in [2.24, 2.45) is 0 Å². The number of aromatic nitrogens is 2. The van der Waals surface area contributed by atoms with Crippen LogP contribution in [0.5, 0.6) is 5.75 Å². The standard InChI is InChI=1S/C24H23N3O3S2/c1-15-7-8-18(11-16(15)2)25-21(28)14-32-24-26-20-9-10-31-22(20)23(29)27(24)13-17-5-4-6-19(12-17)30-3/h4-12H,13-14H2,1-3H3,(H,25,28). The molecule has 0 atom stereocenters. The van der Waals surface area contributed by atoms with Crippen molar-refractivity contribution in [1.82, 2.24) is 9.55 Å². The maximum absolute atomic E-state index is 13.2. The van der Waals surface area contributed by atoms with Crippen molar-refractivity contribution in [1.29, 1.82) is 0 Å². The van der Waals surface area contributed by atoms with Gasteiger partial charge in [0.15, 0.2) is 5.16 Å². The zero-order valence-electron chi connectivity index (χ0n) is 18.0. The number of thioether (sulfide) groups is 1. The summed E-state index contributed by atoms with van der Waals surface area (Å²) in [4.78, 5) is 30.4. The number of aryl methyl sites for hydroxylation is 2. The Morgan fingerprint density at radius 3 is 2.78 bits per heavy atom. The van der Waals surface area contributed by atoms with E-state index in [9.17, 15) is 9.59 Å². The molecule has 0 unspecified atom stereocenters. The molecule has 0 radical (unpaired) electrons. The molecule has 2 heterocycles. The number of nitrogens with zero attached hydrogens (tertiary/aromatic N) is 2. The first-order valence-corrected chi connectivity index (χ1v) is 11.9. The molecule has 2 aromatic carbocycles. The lowest BCUT2D eigenvalue weighted by Gasteiger charge is -2.13. The Labute approximate surface area is 194 Å². The van der Waals surface area contributed by atoms with E-state index in [0.29, 0.717) is 21.9 Å². The first-order chi connectivity index (χ1) is 15.4. The molecule has 6 nitrogen and oxygen atoms in total. The molecule has 1 amide bonds. The number of hydrogen-bond donors (Lipinski definition) is 1. The SMILES string of the molecule is COc1cccc(Cn2c(SCC(=O)Nc3ccc(C)c(C)c3)nc3ccsc3c2=O)c1. The summed E-state index contributed by atoms with van der Waals surface area (Å²) in [6.45, 7) is 4.39. The summed E-state index contributed by atoms with van der Waals surface area (Å²) in [6, 6.07) is 15.2. The average Bonchev–Trinajstić information content (AvgIpc) is 3.26. The molecule has 4 aromatic rings. The third-order valence-electron chi connectivity index (χ3n) is 5.13. The number of hydrogen-bond acceptors (Lipinski definition) is 6. The minimum atomic E-state index is -0.147. The second kappa shape index (κ2) is 9.58. The van der Waals surface area contributed by atoms with E-state index in [2.05, 4.69) is 10.3 Å². The van der Waals surface area contributed by atoms with Crippen molar-refractivity contribution in [2.45, 2.75) is 25.5 Å². The number of amides is 1. The summed E-state index contributed by atoms with van der Waals surface area (Å²) in [5, 5.41) is 5.29. The second-order valence-corrected chi connectivity index (χ2v) is 9.27. The highest BCUT2D eigenvalue weighted by molar-refractivity contribution is 7.99. The van der Waals surface area contributed by atoms with Gasteiger partial charge in [0.1, 0.15) is 10.4 Å². The van der Waals surface area contributed by atoms with E-state index >= 15 is 0 Å². The van der Waals surface area contributed by atoms with Crippen LogP contribution in [-0.2, 0) is 11.3 Å². The highest BCUT2D eigenvalue weighted by atomic mass is 32.2. The molecule has 0 spiro atoms. The zero-order valence-corrected chi connectivity index (χ0v) is 19.7. The number of fused-ring (bicyclic) bond motifs is 1. The van der Waals surface area contributed by atoms with Gasteiger partial charge >= 0.3 is 0 Å². The van der Waals surface area contributed by atoms with Gasteiger partial charge in [-0.05, 0) is 66.2 Å². The topological polar surface area (TPSA) is 73.2 Å². The number of benzene rings is 2. The van der Waals surface area contributed by atoms with Crippen LogP contribution in [0.3, 0.4) is 0 Å². The van der Waals surface area contributed by atoms with Crippen LogP contribution in [0.4, 0.5) is 5.69 Å². The Morgan fingerprint density at radius 2 is 2.00 bits per heavy atom. The summed E-state index contributed by atoms with van der Waals surface area (Å²) < 4.78 is 7.54. The fraction of sp³-hybridized carbons (Fsp3) is 0.208. The van der Waals surface area contributed by atoms with Crippen LogP contribution < -0.4 is 15.6 Å². The van der Waals surface area contributed by atoms with Crippen molar-refractivity contribution < 1.29 is 9.53 Å². The number of carbonyl (C=O) groups is 1. The number of methoxy groups -OCH3 is 1. The molecule has 164 valence electrons. The Morgan fingerprint density at radius 1 is 1.16 bits per heavy atom. The van der Waals surface area contributed by atoms with Gasteiger partial charge in [0.05, 0.1) is 24.9 Å². The van der Waals surface area contributed by atoms with Crippen LogP contribution in [0.1, 0.15) is 16.7 Å². The summed E-state index contributed by atoms with van der Waals surface area (Å²) >= 11 is 2.63. The second-order valence-electron chi connectivity index (χ2n) is 7.41. The number of nitrogens with one attached hydrogen (secondary N) is 1. The van der Waals surface area contributed by atoms with Crippen molar-refractivity contribution in [2.75, 3.05) is 18.2 Å². The highest BCUT2D eigenvalue weighted by Crippen LogP contribution is 2.23. The first kappa shape index (κ1) is 22.1. The van der Waals surface area contributed by atoms with Gasteiger partial charge in [-0.25, -0.2) is 4.98 Å². The van der Waals surface area contributed by atoms with E-state index in [1.165, 1.54) is 28.7 Å². The molecule has 0 aliphatic rings. The quantitative estimate of drug-likeness (QED) is 0.312. The fourth-order valence-electron chi connectivity index (χ4n) is 3.27. The van der Waals surface area contributed by atoms with Gasteiger partial charge in [-0.1, -0.05) is 30.0 Å². The Balaban J connectivity index is 1.58. The van der Waals surface area contributed by atoms with E-state index in [0.717, 1.165) is 22.6 Å². The lowest BCUT2D eigenvalue weighted by molar-refractivity contribution is -0.113. The summed E-state index contributed by atoms with van der Waals surface area (Å²) in [5.74, 6) is 0.723. The highest BCUT2D eigenvalue weighted by Gasteiger charge is 2.15. The molecule has 32 heavy (non-hydrogen) atoms. The maximum Gasteiger partial charge on any atom is 0.272 e. The summed E-state index contributed by atoms with van der Waals surface area (Å²) in [6.07, 6.45) is 0. The van der Waals surface area contributed by atoms with E-state index < -0.39 is 0 Å². The number of thiophene rings is 1. The molecule has 0 aliphatic carbocycles. The van der Waals surface area contributed by atoms with Crippen LogP contribution in [0, 0.1) is 13.8 Å². The van der Waals surface area contributed by atoms with E-state index in [1.54, 1.807) is 11.7 Å². The minimum Gasteiger partial charge on any atom is -0.497 e. The van der Waals surface area contributed by atoms with Crippen molar-refractivity contribution >= 4 is 44.9 Å². The van der Waals surface area contributed by atoms with E-state index in [-0.39, 0.29) is 17.2 Å². The molecule has 0 saturated carbocycles. The van der Waals surface area contributed by atoms with Gasteiger partial charge in [-0.3, -0.25) is 14.2 Å². The van der Waals surface area contributed by atoms with Crippen LogP contribution in [0.25, 0.3) is 10.2 Å². The smallest absolute Gasteiger partial charge is 0.272 e. The van der Waals surface area contributed by atoms with Gasteiger partial charge in [0.25, 0.3) is 5.56 Å². The number of rotatable bonds is 7. The number of anilines is 1. The number of carbonyl (C=O) groups excluding carboxylic acids is 1. The molecular weight excluding hydrogens is 442 g/mol. The van der Waals surface area contributed by atoms with Gasteiger partial charge < -0.3 is 10.1 Å². The largest absolute Gasteiger partial charge is 0.497 e. The molecule has 1 N–H and O–H groups in total. The molecule has 0 fully saturated rings. The molecule has 8 heteroatoms. The zero-order chi connectivity index (χ0) is 22.7. The molecule has 0 bridgehead atoms. The predicted octanol–water partition coefficient (Wildman–Crippen LogP) is 4.86. The van der Waals surface area contributed by atoms with Crippen molar-refractivity contribution in [3.63, 3.8) is 0 Å². The van der Waals surface area contributed by atoms with Crippen LogP contribution in [0.2, 0.25) is 0 Å². The number of ether oxygens (including phenoxy) is 1. The van der Waals surface area contributed by atoms with Gasteiger partial charge in [0.2, 0.25) is 5.91 Å². The molecule has 2 aromatic heterocycles. The normalized spacial score (nSPS) is 11.0. The van der Waals surface area contributed by atoms with Crippen LogP contribution in [0.15, 0.2) is 63.9 Å². The lowest BCUT2D eigenvalue weighted by Crippen LogP contribution is -2.24. The molecule has 0 aliphatic heterocycles. The predicted molar refractivity (Wildman–Crippen MR) is 131 cm³/mol. The Hall–Kier alpha value is -3.10. The maximum atomic E-state index is 13.2. The van der Waals surface area contributed by atoms with E-state index in [1.807, 2.05) is 67.8 Å². The molecule has 0 saturated heterocycles. The van der Waals surface area contributed by atoms with Crippen molar-refractivity contribution in [3.8, 4) is 5.75 Å². The van der Waals surface area contributed by atoms with Gasteiger partial charge in [-0.2, -0.15) is 0 Å². The monoisotopic (exact) mass is 465 g/mol. The molecular formula is C24H23N3O3S2. The summed E-state index contributed by atoms with van der Waals surface area (Å²) in [7, 11) is 1.61. The Bertz CT molecular complexity index is 1340. The van der Waals surface area contributed by atoms with Crippen LogP contribution in [-0.4, -0.2) is 28.3 Å².